The molecule has 1 saturated heterocycles. The normalized spacial score (nSPS) is 16.4. The minimum Gasteiger partial charge on any atom is -0.463 e. The predicted octanol–water partition coefficient (Wildman–Crippen LogP) is 5.07. The van der Waals surface area contributed by atoms with Crippen LogP contribution in [-0.4, -0.2) is 54.9 Å². The van der Waals surface area contributed by atoms with Gasteiger partial charge in [0.1, 0.15) is 29.0 Å². The fraction of sp³-hybridized carbons (Fsp3) is 0.391. The second-order valence-corrected chi connectivity index (χ2v) is 11.6. The largest absolute Gasteiger partial charge is 0.463 e. The van der Waals surface area contributed by atoms with Crippen molar-refractivity contribution >= 4 is 55.3 Å². The molecule has 1 aliphatic heterocycles. The van der Waals surface area contributed by atoms with Crippen LogP contribution in [-0.2, 0) is 14.5 Å². The number of alkyl halides is 3. The van der Waals surface area contributed by atoms with Crippen LogP contribution < -0.4 is 15.4 Å². The first-order valence-corrected chi connectivity index (χ1v) is 13.5. The summed E-state index contributed by atoms with van der Waals surface area (Å²) in [5.41, 5.74) is 2.19. The molecule has 0 spiro atoms. The molecule has 2 N–H and O–H groups in total. The van der Waals surface area contributed by atoms with Crippen LogP contribution in [0.4, 0.5) is 30.4 Å². The summed E-state index contributed by atoms with van der Waals surface area (Å²) in [6.07, 6.45) is -3.66. The van der Waals surface area contributed by atoms with Gasteiger partial charge in [-0.05, 0) is 57.0 Å². The number of aryl methyl sites for hydroxylation is 1. The van der Waals surface area contributed by atoms with Gasteiger partial charge in [0.2, 0.25) is 5.88 Å². The minimum absolute atomic E-state index is 0.0526. The van der Waals surface area contributed by atoms with Gasteiger partial charge in [-0.15, -0.1) is 0 Å². The van der Waals surface area contributed by atoms with E-state index in [9.17, 15) is 22.2 Å². The SMILES string of the molecule is Cc1cc(N=S2(=O)CCC2)cc2ncnc(Nc3ccc(Cl)nc3O[C@H](C)C(=O)N[C@@H](C)C(F)(F)F)c12. The number of ether oxygens (including phenoxy) is 1. The molecule has 1 aromatic carbocycles. The smallest absolute Gasteiger partial charge is 0.408 e. The standard InChI is InChI=1S/C23H24ClF3N6O3S/c1-12-9-15(33-37(35)7-4-8-37)10-17-19(12)20(29-11-28-17)31-16-5-6-18(24)32-22(16)36-13(2)21(34)30-14(3)23(25,26)27/h5-6,9-11,13-14H,4,7-8H2,1-3H3,(H,30,34)(H,28,29,31)/t13-,14+/m1/s1. The van der Waals surface area contributed by atoms with Crippen LogP contribution in [0.15, 0.2) is 35.0 Å². The van der Waals surface area contributed by atoms with Gasteiger partial charge in [0.05, 0.1) is 20.9 Å². The van der Waals surface area contributed by atoms with Crippen LogP contribution in [0.2, 0.25) is 5.15 Å². The highest BCUT2D eigenvalue weighted by atomic mass is 35.5. The maximum absolute atomic E-state index is 12.8. The summed E-state index contributed by atoms with van der Waals surface area (Å²) in [6.45, 7) is 3.98. The van der Waals surface area contributed by atoms with Crippen molar-refractivity contribution in [2.75, 3.05) is 16.8 Å². The zero-order chi connectivity index (χ0) is 27.0. The van der Waals surface area contributed by atoms with Gasteiger partial charge < -0.3 is 15.4 Å². The molecule has 2 aromatic heterocycles. The van der Waals surface area contributed by atoms with E-state index in [4.69, 9.17) is 16.3 Å². The number of pyridine rings is 1. The summed E-state index contributed by atoms with van der Waals surface area (Å²) < 4.78 is 61.0. The number of hydrogen-bond donors (Lipinski definition) is 2. The molecule has 0 aliphatic carbocycles. The molecule has 3 heterocycles. The lowest BCUT2D eigenvalue weighted by Crippen LogP contribution is -2.47. The summed E-state index contributed by atoms with van der Waals surface area (Å²) >= 11 is 6.01. The van der Waals surface area contributed by atoms with Gasteiger partial charge in [-0.25, -0.2) is 14.2 Å². The first kappa shape index (κ1) is 26.9. The number of nitrogens with zero attached hydrogens (tertiary/aromatic N) is 4. The Morgan fingerprint density at radius 1 is 1.22 bits per heavy atom. The van der Waals surface area contributed by atoms with Crippen molar-refractivity contribution in [3.8, 4) is 5.88 Å². The molecule has 1 aliphatic rings. The lowest BCUT2D eigenvalue weighted by molar-refractivity contribution is -0.160. The fourth-order valence-corrected chi connectivity index (χ4v) is 5.15. The van der Waals surface area contributed by atoms with Gasteiger partial charge in [0.15, 0.2) is 6.10 Å². The number of hydrogen-bond acceptors (Lipinski definition) is 8. The number of halogens is 4. The van der Waals surface area contributed by atoms with Crippen molar-refractivity contribution in [2.24, 2.45) is 4.36 Å². The van der Waals surface area contributed by atoms with Crippen LogP contribution in [0.25, 0.3) is 10.9 Å². The van der Waals surface area contributed by atoms with Gasteiger partial charge in [-0.1, -0.05) is 11.6 Å². The molecule has 0 saturated carbocycles. The molecule has 4 rings (SSSR count). The number of amides is 1. The van der Waals surface area contributed by atoms with Crippen LogP contribution in [0.3, 0.4) is 0 Å². The number of benzene rings is 1. The van der Waals surface area contributed by atoms with Gasteiger partial charge >= 0.3 is 6.18 Å². The predicted molar refractivity (Wildman–Crippen MR) is 135 cm³/mol. The minimum atomic E-state index is -4.59. The van der Waals surface area contributed by atoms with E-state index in [-0.39, 0.29) is 16.7 Å². The Bertz CT molecular complexity index is 1470. The van der Waals surface area contributed by atoms with Gasteiger partial charge in [-0.3, -0.25) is 4.79 Å². The Morgan fingerprint density at radius 3 is 2.59 bits per heavy atom. The Balaban J connectivity index is 1.62. The molecule has 2 atom stereocenters. The third-order valence-electron chi connectivity index (χ3n) is 5.71. The molecular weight excluding hydrogens is 533 g/mol. The van der Waals surface area contributed by atoms with Crippen molar-refractivity contribution in [1.29, 1.82) is 0 Å². The molecule has 14 heteroatoms. The molecular formula is C23H24ClF3N6O3S. The molecule has 198 valence electrons. The molecule has 0 unspecified atom stereocenters. The summed E-state index contributed by atoms with van der Waals surface area (Å²) in [5.74, 6) is 0.477. The van der Waals surface area contributed by atoms with Crippen LogP contribution in [0.1, 0.15) is 25.8 Å². The van der Waals surface area contributed by atoms with E-state index >= 15 is 0 Å². The maximum atomic E-state index is 12.8. The monoisotopic (exact) mass is 556 g/mol. The van der Waals surface area contributed by atoms with Crippen molar-refractivity contribution in [1.82, 2.24) is 20.3 Å². The summed E-state index contributed by atoms with van der Waals surface area (Å²) in [6, 6.07) is 4.50. The average molecular weight is 557 g/mol. The highest BCUT2D eigenvalue weighted by Crippen LogP contribution is 2.34. The van der Waals surface area contributed by atoms with E-state index in [0.717, 1.165) is 18.9 Å². The topological polar surface area (TPSA) is 118 Å². The van der Waals surface area contributed by atoms with E-state index in [1.807, 2.05) is 12.2 Å². The van der Waals surface area contributed by atoms with E-state index in [1.165, 1.54) is 19.3 Å². The Labute approximate surface area is 216 Å². The molecule has 1 fully saturated rings. The highest BCUT2D eigenvalue weighted by molar-refractivity contribution is 7.95. The zero-order valence-electron chi connectivity index (χ0n) is 20.1. The second kappa shape index (κ2) is 10.3. The number of carbonyl (C=O) groups excluding carboxylic acids is 1. The number of nitrogens with one attached hydrogen (secondary N) is 2. The molecule has 3 aromatic rings. The molecule has 0 radical (unpaired) electrons. The molecule has 37 heavy (non-hydrogen) atoms. The Kier molecular flexibility index (Phi) is 7.47. The van der Waals surface area contributed by atoms with Gasteiger partial charge in [0, 0.05) is 16.9 Å². The third-order valence-corrected chi connectivity index (χ3v) is 8.31. The fourth-order valence-electron chi connectivity index (χ4n) is 3.56. The number of carbonyl (C=O) groups is 1. The Morgan fingerprint density at radius 2 is 1.95 bits per heavy atom. The van der Waals surface area contributed by atoms with Gasteiger partial charge in [-0.2, -0.15) is 22.5 Å². The summed E-state index contributed by atoms with van der Waals surface area (Å²) in [4.78, 5) is 25.0. The van der Waals surface area contributed by atoms with E-state index in [1.54, 1.807) is 18.2 Å². The lowest BCUT2D eigenvalue weighted by atomic mass is 10.1. The summed E-state index contributed by atoms with van der Waals surface area (Å²) in [7, 11) is -2.20. The van der Waals surface area contributed by atoms with Gasteiger partial charge in [0.25, 0.3) is 5.91 Å². The number of aromatic nitrogens is 3. The quantitative estimate of drug-likeness (QED) is 0.390. The first-order valence-electron chi connectivity index (χ1n) is 11.3. The van der Waals surface area contributed by atoms with Crippen molar-refractivity contribution in [3.63, 3.8) is 0 Å². The van der Waals surface area contributed by atoms with Crippen molar-refractivity contribution in [2.45, 2.75) is 45.5 Å². The average Bonchev–Trinajstić information content (AvgIpc) is 2.79. The van der Waals surface area contributed by atoms with E-state index < -0.39 is 34.0 Å². The van der Waals surface area contributed by atoms with Crippen molar-refractivity contribution in [3.05, 3.63) is 41.3 Å². The molecule has 1 amide bonds. The highest BCUT2D eigenvalue weighted by Gasteiger charge is 2.38. The number of rotatable bonds is 7. The lowest BCUT2D eigenvalue weighted by Gasteiger charge is -2.21. The zero-order valence-corrected chi connectivity index (χ0v) is 21.7. The van der Waals surface area contributed by atoms with Crippen molar-refractivity contribution < 1.29 is 26.9 Å². The Hall–Kier alpha value is -3.19. The summed E-state index contributed by atoms with van der Waals surface area (Å²) in [5, 5.41) is 5.67. The van der Waals surface area contributed by atoms with Crippen LogP contribution in [0, 0.1) is 6.92 Å². The second-order valence-electron chi connectivity index (χ2n) is 8.65. The first-order chi connectivity index (χ1) is 17.3. The maximum Gasteiger partial charge on any atom is 0.408 e. The van der Waals surface area contributed by atoms with E-state index in [0.29, 0.717) is 33.9 Å². The molecule has 0 bridgehead atoms. The van der Waals surface area contributed by atoms with Crippen LogP contribution >= 0.6 is 11.6 Å². The number of fused-ring (bicyclic) bond motifs is 1. The molecule has 9 nitrogen and oxygen atoms in total. The number of anilines is 2. The third kappa shape index (κ3) is 6.21. The van der Waals surface area contributed by atoms with Crippen LogP contribution in [0.5, 0.6) is 5.88 Å². The van der Waals surface area contributed by atoms with E-state index in [2.05, 4.69) is 24.6 Å².